The number of likely N-dealkylation sites (N-methyl/N-ethyl adjacent to an activating group) is 1. The molecule has 3 saturated carbocycles. The van der Waals surface area contributed by atoms with Crippen molar-refractivity contribution < 1.29 is 34.2 Å². The van der Waals surface area contributed by atoms with Crippen LogP contribution in [0.5, 0.6) is 5.75 Å². The van der Waals surface area contributed by atoms with E-state index in [2.05, 4.69) is 19.1 Å². The van der Waals surface area contributed by atoms with Crippen LogP contribution in [0.15, 0.2) is 36.4 Å². The molecule has 7 atom stereocenters. The van der Waals surface area contributed by atoms with Gasteiger partial charge in [-0.3, -0.25) is 28.9 Å². The summed E-state index contributed by atoms with van der Waals surface area (Å²) in [4.78, 5) is 68.6. The highest BCUT2D eigenvalue weighted by molar-refractivity contribution is 6.32. The van der Waals surface area contributed by atoms with Crippen LogP contribution in [0.4, 0.5) is 0 Å². The molecule has 1 amide bonds. The number of nitrogens with zero attached hydrogens (tertiary/aromatic N) is 1. The zero-order chi connectivity index (χ0) is 33.1. The second-order valence-electron chi connectivity index (χ2n) is 14.5. The van der Waals surface area contributed by atoms with Gasteiger partial charge in [-0.25, -0.2) is 0 Å². The minimum Gasteiger partial charge on any atom is -0.507 e. The number of nitrogens with two attached hydrogens (primary N) is 1. The standard InChI is InChI=1S/C37H44N2O7/c1-19(15-20-7-5-4-6-8-20)16-21-9-11-22(12-10-21)24-13-14-27(40)29-25(24)17-23-18-26-31(39(2)3)33(42)30(36(38)45)35(44)37(26,46)34(43)28(23)32(29)41/h9-14,19-20,23,26,28,30-31,40,46H,4-8,15-18H2,1-3H3,(H2,38,45)/t19?,23-,26-,28?,30?,31?,37-/m1/s1. The van der Waals surface area contributed by atoms with Gasteiger partial charge in [0.15, 0.2) is 34.7 Å². The molecule has 0 saturated heterocycles. The van der Waals surface area contributed by atoms with Gasteiger partial charge in [-0.05, 0) is 85.9 Å². The Morgan fingerprint density at radius 3 is 2.30 bits per heavy atom. The number of phenols is 1. The molecule has 6 rings (SSSR count). The Labute approximate surface area is 269 Å². The number of ketones is 4. The number of hydrogen-bond donors (Lipinski definition) is 3. The number of aromatic hydroxyl groups is 1. The molecule has 46 heavy (non-hydrogen) atoms. The number of aliphatic hydroxyl groups is 1. The van der Waals surface area contributed by atoms with Gasteiger partial charge < -0.3 is 15.9 Å². The van der Waals surface area contributed by atoms with E-state index in [0.717, 1.165) is 23.5 Å². The maximum absolute atomic E-state index is 14.1. The molecule has 0 radical (unpaired) electrons. The number of phenolic OH excluding ortho intramolecular Hbond substituents is 1. The quantitative estimate of drug-likeness (QED) is 0.393. The zero-order valence-corrected chi connectivity index (χ0v) is 26.8. The van der Waals surface area contributed by atoms with Gasteiger partial charge in [-0.15, -0.1) is 0 Å². The largest absolute Gasteiger partial charge is 0.507 e. The van der Waals surface area contributed by atoms with Crippen molar-refractivity contribution >= 4 is 29.0 Å². The van der Waals surface area contributed by atoms with Crippen LogP contribution in [-0.4, -0.2) is 69.9 Å². The summed E-state index contributed by atoms with van der Waals surface area (Å²) >= 11 is 0. The number of primary amides is 1. The topological polar surface area (TPSA) is 155 Å². The Balaban J connectivity index is 1.31. The number of fused-ring (bicyclic) bond motifs is 3. The first-order chi connectivity index (χ1) is 21.8. The van der Waals surface area contributed by atoms with E-state index in [1.807, 2.05) is 12.1 Å². The van der Waals surface area contributed by atoms with E-state index in [9.17, 15) is 34.2 Å². The van der Waals surface area contributed by atoms with Crippen LogP contribution in [0.25, 0.3) is 11.1 Å². The minimum absolute atomic E-state index is 0.00859. The third-order valence-electron chi connectivity index (χ3n) is 11.3. The lowest BCUT2D eigenvalue weighted by molar-refractivity contribution is -0.181. The zero-order valence-electron chi connectivity index (χ0n) is 26.8. The molecule has 3 fully saturated rings. The number of carbonyl (C=O) groups excluding carboxylic acids is 5. The molecular weight excluding hydrogens is 584 g/mol. The van der Waals surface area contributed by atoms with Gasteiger partial charge in [-0.1, -0.05) is 69.4 Å². The molecule has 9 heteroatoms. The molecule has 9 nitrogen and oxygen atoms in total. The molecule has 0 aromatic heterocycles. The predicted molar refractivity (Wildman–Crippen MR) is 171 cm³/mol. The fraction of sp³-hybridized carbons (Fsp3) is 0.541. The van der Waals surface area contributed by atoms with Crippen molar-refractivity contribution in [2.45, 2.75) is 76.4 Å². The Bertz CT molecular complexity index is 1590. The number of hydrogen-bond acceptors (Lipinski definition) is 8. The summed E-state index contributed by atoms with van der Waals surface area (Å²) in [5, 5.41) is 22.7. The summed E-state index contributed by atoms with van der Waals surface area (Å²) in [6, 6.07) is 10.4. The van der Waals surface area contributed by atoms with Crippen LogP contribution in [-0.2, 0) is 32.0 Å². The average Bonchev–Trinajstić information content (AvgIpc) is 3.00. The van der Waals surface area contributed by atoms with Crippen LogP contribution in [0.3, 0.4) is 0 Å². The first-order valence-corrected chi connectivity index (χ1v) is 16.6. The normalized spacial score (nSPS) is 30.5. The first-order valence-electron chi connectivity index (χ1n) is 16.6. The SMILES string of the molecule is CC(Cc1ccc(-c2ccc(O)c3c2C[C@@H]2C[C@@H]4C(N(C)C)C(=O)C(C(N)=O)C(=O)[C@]4(O)C(=O)C2C3=O)cc1)CC1CCCCC1. The highest BCUT2D eigenvalue weighted by atomic mass is 16.3. The second-order valence-corrected chi connectivity index (χ2v) is 14.5. The van der Waals surface area contributed by atoms with Crippen molar-refractivity contribution in [1.29, 1.82) is 0 Å². The predicted octanol–water partition coefficient (Wildman–Crippen LogP) is 3.68. The third-order valence-corrected chi connectivity index (χ3v) is 11.3. The highest BCUT2D eigenvalue weighted by Gasteiger charge is 2.69. The summed E-state index contributed by atoms with van der Waals surface area (Å²) in [7, 11) is 3.15. The lowest BCUT2D eigenvalue weighted by Gasteiger charge is -2.52. The Morgan fingerprint density at radius 2 is 1.67 bits per heavy atom. The summed E-state index contributed by atoms with van der Waals surface area (Å²) in [5.74, 6) is -9.00. The molecule has 0 heterocycles. The maximum Gasteiger partial charge on any atom is 0.235 e. The number of rotatable bonds is 7. The number of benzene rings is 2. The van der Waals surface area contributed by atoms with Crippen molar-refractivity contribution in [3.63, 3.8) is 0 Å². The van der Waals surface area contributed by atoms with Gasteiger partial charge in [0, 0.05) is 5.92 Å². The molecule has 4 N–H and O–H groups in total. The van der Waals surface area contributed by atoms with E-state index < -0.39 is 64.4 Å². The summed E-state index contributed by atoms with van der Waals surface area (Å²) < 4.78 is 0. The number of carbonyl (C=O) groups is 5. The Hall–Kier alpha value is -3.69. The van der Waals surface area contributed by atoms with Crippen LogP contribution >= 0.6 is 0 Å². The van der Waals surface area contributed by atoms with Crippen molar-refractivity contribution in [1.82, 2.24) is 4.90 Å². The Morgan fingerprint density at radius 1 is 1.00 bits per heavy atom. The molecule has 2 aromatic carbocycles. The average molecular weight is 629 g/mol. The molecular formula is C37H44N2O7. The van der Waals surface area contributed by atoms with Crippen molar-refractivity contribution in [2.75, 3.05) is 14.1 Å². The molecule has 244 valence electrons. The molecule has 0 spiro atoms. The molecule has 4 aliphatic rings. The van der Waals surface area contributed by atoms with Gasteiger partial charge in [0.25, 0.3) is 0 Å². The lowest BCUT2D eigenvalue weighted by atomic mass is 9.52. The van der Waals surface area contributed by atoms with Gasteiger partial charge in [0.2, 0.25) is 5.91 Å². The molecule has 4 unspecified atom stereocenters. The van der Waals surface area contributed by atoms with Crippen LogP contribution in [0.2, 0.25) is 0 Å². The number of amides is 1. The van der Waals surface area contributed by atoms with Crippen molar-refractivity contribution in [3.8, 4) is 16.9 Å². The van der Waals surface area contributed by atoms with Crippen LogP contribution in [0.1, 0.15) is 73.4 Å². The van der Waals surface area contributed by atoms with Gasteiger partial charge in [0.05, 0.1) is 17.5 Å². The molecule has 4 aliphatic carbocycles. The van der Waals surface area contributed by atoms with Crippen LogP contribution < -0.4 is 5.73 Å². The fourth-order valence-corrected chi connectivity index (χ4v) is 9.17. The van der Waals surface area contributed by atoms with E-state index in [1.54, 1.807) is 20.2 Å². The van der Waals surface area contributed by atoms with E-state index in [1.165, 1.54) is 55.1 Å². The molecule has 0 bridgehead atoms. The fourth-order valence-electron chi connectivity index (χ4n) is 9.17. The van der Waals surface area contributed by atoms with E-state index in [-0.39, 0.29) is 24.2 Å². The smallest absolute Gasteiger partial charge is 0.235 e. The summed E-state index contributed by atoms with van der Waals surface area (Å²) in [6.45, 7) is 2.32. The van der Waals surface area contributed by atoms with Gasteiger partial charge >= 0.3 is 0 Å². The maximum atomic E-state index is 14.1. The van der Waals surface area contributed by atoms with E-state index in [0.29, 0.717) is 11.5 Å². The van der Waals surface area contributed by atoms with E-state index in [4.69, 9.17) is 5.73 Å². The van der Waals surface area contributed by atoms with Crippen molar-refractivity contribution in [2.24, 2.45) is 41.2 Å². The van der Waals surface area contributed by atoms with Gasteiger partial charge in [0.1, 0.15) is 5.75 Å². The monoisotopic (exact) mass is 628 g/mol. The third kappa shape index (κ3) is 5.21. The second kappa shape index (κ2) is 12.2. The Kier molecular flexibility index (Phi) is 8.52. The minimum atomic E-state index is -2.73. The number of Topliss-reactive ketones (excluding diaryl/α,β-unsaturated/α-hetero) is 4. The summed E-state index contributed by atoms with van der Waals surface area (Å²) in [6.07, 6.45) is 9.17. The summed E-state index contributed by atoms with van der Waals surface area (Å²) in [5.41, 5.74) is 6.17. The van der Waals surface area contributed by atoms with Crippen molar-refractivity contribution in [3.05, 3.63) is 53.1 Å². The van der Waals surface area contributed by atoms with Gasteiger partial charge in [-0.2, -0.15) is 0 Å². The van der Waals surface area contributed by atoms with Crippen LogP contribution in [0, 0.1) is 35.5 Å². The van der Waals surface area contributed by atoms with E-state index >= 15 is 0 Å². The first kappa shape index (κ1) is 32.3. The molecule has 0 aliphatic heterocycles. The highest BCUT2D eigenvalue weighted by Crippen LogP contribution is 2.51. The lowest BCUT2D eigenvalue weighted by Crippen LogP contribution is -2.74. The molecule has 2 aromatic rings.